The molecule has 1 aromatic heterocycles. The van der Waals surface area contributed by atoms with E-state index in [0.717, 1.165) is 24.9 Å². The number of thiophene rings is 1. The van der Waals surface area contributed by atoms with E-state index in [9.17, 15) is 4.39 Å². The van der Waals surface area contributed by atoms with Crippen molar-refractivity contribution in [1.82, 2.24) is 5.32 Å². The number of rotatable bonds is 6. The van der Waals surface area contributed by atoms with Gasteiger partial charge in [-0.1, -0.05) is 18.5 Å². The molecule has 4 heteroatoms. The van der Waals surface area contributed by atoms with E-state index in [-0.39, 0.29) is 11.9 Å². The number of halogens is 2. The minimum atomic E-state index is -0.231. The standard InChI is InChI=1S/C15H17ClFNS/c1-2-18-14(7-11-5-6-19-10-11)9-12-8-13(17)3-4-15(12)16/h3-6,8,10,14,18H,2,7,9H2,1H3. The summed E-state index contributed by atoms with van der Waals surface area (Å²) in [6.45, 7) is 2.97. The number of likely N-dealkylation sites (N-methyl/N-ethyl adjacent to an activating group) is 1. The van der Waals surface area contributed by atoms with Crippen LogP contribution < -0.4 is 5.32 Å². The van der Waals surface area contributed by atoms with Crippen LogP contribution in [0.4, 0.5) is 4.39 Å². The Balaban J connectivity index is 2.09. The second-order valence-corrected chi connectivity index (χ2v) is 5.72. The topological polar surface area (TPSA) is 12.0 Å². The Morgan fingerprint density at radius 2 is 2.16 bits per heavy atom. The Morgan fingerprint density at radius 1 is 1.32 bits per heavy atom. The van der Waals surface area contributed by atoms with Gasteiger partial charge in [-0.05, 0) is 65.5 Å². The summed E-state index contributed by atoms with van der Waals surface area (Å²) >= 11 is 7.83. The lowest BCUT2D eigenvalue weighted by Gasteiger charge is -2.18. The largest absolute Gasteiger partial charge is 0.314 e. The van der Waals surface area contributed by atoms with Gasteiger partial charge < -0.3 is 5.32 Å². The van der Waals surface area contributed by atoms with Gasteiger partial charge in [0.25, 0.3) is 0 Å². The van der Waals surface area contributed by atoms with Crippen LogP contribution in [0.5, 0.6) is 0 Å². The normalized spacial score (nSPS) is 12.6. The second kappa shape index (κ2) is 7.04. The summed E-state index contributed by atoms with van der Waals surface area (Å²) in [4.78, 5) is 0. The molecule has 2 aromatic rings. The Kier molecular flexibility index (Phi) is 5.37. The molecule has 0 aliphatic carbocycles. The van der Waals surface area contributed by atoms with E-state index in [2.05, 4.69) is 29.1 Å². The second-order valence-electron chi connectivity index (χ2n) is 4.53. The molecular weight excluding hydrogens is 281 g/mol. The first-order chi connectivity index (χ1) is 9.19. The van der Waals surface area contributed by atoms with Crippen LogP contribution in [0.15, 0.2) is 35.0 Å². The molecule has 2 rings (SSSR count). The number of nitrogens with one attached hydrogen (secondary N) is 1. The van der Waals surface area contributed by atoms with Gasteiger partial charge in [0.2, 0.25) is 0 Å². The van der Waals surface area contributed by atoms with Gasteiger partial charge in [0.15, 0.2) is 0 Å². The fourth-order valence-electron chi connectivity index (χ4n) is 2.16. The molecule has 0 aliphatic heterocycles. The molecule has 102 valence electrons. The fraction of sp³-hybridized carbons (Fsp3) is 0.333. The minimum absolute atomic E-state index is 0.231. The Morgan fingerprint density at radius 3 is 2.84 bits per heavy atom. The third-order valence-corrected chi connectivity index (χ3v) is 4.13. The zero-order valence-electron chi connectivity index (χ0n) is 10.8. The Labute approximate surface area is 122 Å². The van der Waals surface area contributed by atoms with Crippen LogP contribution in [0, 0.1) is 5.82 Å². The predicted octanol–water partition coefficient (Wildman–Crippen LogP) is 4.30. The summed E-state index contributed by atoms with van der Waals surface area (Å²) in [7, 11) is 0. The van der Waals surface area contributed by atoms with Crippen molar-refractivity contribution < 1.29 is 4.39 Å². The average molecular weight is 298 g/mol. The van der Waals surface area contributed by atoms with E-state index >= 15 is 0 Å². The van der Waals surface area contributed by atoms with Crippen LogP contribution in [0.2, 0.25) is 5.02 Å². The smallest absolute Gasteiger partial charge is 0.123 e. The van der Waals surface area contributed by atoms with Crippen molar-refractivity contribution in [3.8, 4) is 0 Å². The predicted molar refractivity (Wildman–Crippen MR) is 80.6 cm³/mol. The van der Waals surface area contributed by atoms with Gasteiger partial charge in [-0.2, -0.15) is 11.3 Å². The molecule has 1 heterocycles. The van der Waals surface area contributed by atoms with Gasteiger partial charge in [0.1, 0.15) is 5.82 Å². The zero-order chi connectivity index (χ0) is 13.7. The van der Waals surface area contributed by atoms with E-state index in [4.69, 9.17) is 11.6 Å². The SMILES string of the molecule is CCNC(Cc1ccsc1)Cc1cc(F)ccc1Cl. The maximum absolute atomic E-state index is 13.3. The van der Waals surface area contributed by atoms with Gasteiger partial charge in [-0.25, -0.2) is 4.39 Å². The number of benzene rings is 1. The quantitative estimate of drug-likeness (QED) is 0.838. The first-order valence-corrected chi connectivity index (χ1v) is 7.69. The monoisotopic (exact) mass is 297 g/mol. The molecule has 19 heavy (non-hydrogen) atoms. The Bertz CT molecular complexity index is 513. The van der Waals surface area contributed by atoms with E-state index in [1.807, 2.05) is 0 Å². The van der Waals surface area contributed by atoms with Gasteiger partial charge in [-0.3, -0.25) is 0 Å². The van der Waals surface area contributed by atoms with Crippen LogP contribution in [-0.4, -0.2) is 12.6 Å². The lowest BCUT2D eigenvalue weighted by atomic mass is 10.0. The van der Waals surface area contributed by atoms with Crippen LogP contribution >= 0.6 is 22.9 Å². The highest BCUT2D eigenvalue weighted by Crippen LogP contribution is 2.20. The molecule has 0 bridgehead atoms. The van der Waals surface area contributed by atoms with Gasteiger partial charge in [-0.15, -0.1) is 0 Å². The van der Waals surface area contributed by atoms with Gasteiger partial charge in [0, 0.05) is 11.1 Å². The molecule has 0 amide bonds. The first-order valence-electron chi connectivity index (χ1n) is 6.37. The molecule has 1 atom stereocenters. The summed E-state index contributed by atoms with van der Waals surface area (Å²) in [5.41, 5.74) is 2.17. The molecular formula is C15H17ClFNS. The van der Waals surface area contributed by atoms with Crippen LogP contribution in [-0.2, 0) is 12.8 Å². The maximum Gasteiger partial charge on any atom is 0.123 e. The molecule has 0 saturated carbocycles. The number of hydrogen-bond acceptors (Lipinski definition) is 2. The van der Waals surface area contributed by atoms with Crippen molar-refractivity contribution >= 4 is 22.9 Å². The lowest BCUT2D eigenvalue weighted by molar-refractivity contribution is 0.520. The molecule has 1 aromatic carbocycles. The van der Waals surface area contributed by atoms with Crippen molar-refractivity contribution in [2.24, 2.45) is 0 Å². The van der Waals surface area contributed by atoms with Crippen LogP contribution in [0.1, 0.15) is 18.1 Å². The molecule has 0 saturated heterocycles. The summed E-state index contributed by atoms with van der Waals surface area (Å²) in [5, 5.41) is 8.30. The van der Waals surface area contributed by atoms with Crippen molar-refractivity contribution in [2.75, 3.05) is 6.54 Å². The van der Waals surface area contributed by atoms with E-state index in [1.165, 1.54) is 17.7 Å². The van der Waals surface area contributed by atoms with Crippen LogP contribution in [0.25, 0.3) is 0 Å². The first kappa shape index (κ1) is 14.5. The maximum atomic E-state index is 13.3. The Hall–Kier alpha value is -0.900. The summed E-state index contributed by atoms with van der Waals surface area (Å²) in [6.07, 6.45) is 1.67. The van der Waals surface area contributed by atoms with Crippen molar-refractivity contribution in [1.29, 1.82) is 0 Å². The van der Waals surface area contributed by atoms with E-state index in [1.54, 1.807) is 17.4 Å². The fourth-order valence-corrected chi connectivity index (χ4v) is 3.04. The van der Waals surface area contributed by atoms with E-state index in [0.29, 0.717) is 5.02 Å². The average Bonchev–Trinajstić information content (AvgIpc) is 2.87. The van der Waals surface area contributed by atoms with Crippen molar-refractivity contribution in [2.45, 2.75) is 25.8 Å². The highest BCUT2D eigenvalue weighted by molar-refractivity contribution is 7.07. The molecule has 1 N–H and O–H groups in total. The van der Waals surface area contributed by atoms with Crippen molar-refractivity contribution in [3.63, 3.8) is 0 Å². The third-order valence-electron chi connectivity index (χ3n) is 3.03. The third kappa shape index (κ3) is 4.30. The molecule has 1 nitrogen and oxygen atoms in total. The molecule has 0 radical (unpaired) electrons. The minimum Gasteiger partial charge on any atom is -0.314 e. The molecule has 0 aliphatic rings. The van der Waals surface area contributed by atoms with Gasteiger partial charge in [0.05, 0.1) is 0 Å². The summed E-state index contributed by atoms with van der Waals surface area (Å²) in [5.74, 6) is -0.231. The summed E-state index contributed by atoms with van der Waals surface area (Å²) in [6, 6.07) is 6.95. The zero-order valence-corrected chi connectivity index (χ0v) is 12.4. The molecule has 0 spiro atoms. The summed E-state index contributed by atoms with van der Waals surface area (Å²) < 4.78 is 13.3. The van der Waals surface area contributed by atoms with Gasteiger partial charge >= 0.3 is 0 Å². The number of hydrogen-bond donors (Lipinski definition) is 1. The lowest BCUT2D eigenvalue weighted by Crippen LogP contribution is -2.33. The molecule has 0 fully saturated rings. The van der Waals surface area contributed by atoms with Crippen molar-refractivity contribution in [3.05, 3.63) is 57.0 Å². The highest BCUT2D eigenvalue weighted by atomic mass is 35.5. The highest BCUT2D eigenvalue weighted by Gasteiger charge is 2.12. The van der Waals surface area contributed by atoms with E-state index < -0.39 is 0 Å². The van der Waals surface area contributed by atoms with Crippen LogP contribution in [0.3, 0.4) is 0 Å². The molecule has 1 unspecified atom stereocenters.